The number of halogens is 2. The molecule has 1 heterocycles. The van der Waals surface area contributed by atoms with E-state index >= 15 is 0 Å². The van der Waals surface area contributed by atoms with E-state index in [1.54, 1.807) is 4.90 Å². The molecule has 0 saturated carbocycles. The first-order valence-corrected chi connectivity index (χ1v) is 4.93. The molecular weight excluding hydrogens is 245 g/mol. The maximum Gasteiger partial charge on any atom is 0.409 e. The fourth-order valence-corrected chi connectivity index (χ4v) is 1.67. The van der Waals surface area contributed by atoms with E-state index in [1.165, 1.54) is 7.11 Å². The van der Waals surface area contributed by atoms with Crippen LogP contribution in [0.2, 0.25) is 0 Å². The number of alkyl halides is 2. The molecule has 0 aliphatic carbocycles. The Hall–Kier alpha value is 0.0400. The van der Waals surface area contributed by atoms with E-state index in [2.05, 4.69) is 20.7 Å². The predicted octanol–water partition coefficient (Wildman–Crippen LogP) is 2.18. The maximum atomic E-state index is 11.0. The summed E-state index contributed by atoms with van der Waals surface area (Å²) in [5.74, 6) is 0. The number of methoxy groups -OCH3 is 1. The van der Waals surface area contributed by atoms with Crippen LogP contribution in [0.5, 0.6) is 0 Å². The Morgan fingerprint density at radius 3 is 2.50 bits per heavy atom. The second-order valence-corrected chi connectivity index (χ2v) is 5.51. The van der Waals surface area contributed by atoms with E-state index in [4.69, 9.17) is 11.6 Å². The molecule has 12 heavy (non-hydrogen) atoms. The van der Waals surface area contributed by atoms with Crippen LogP contribution >= 0.6 is 27.5 Å². The summed E-state index contributed by atoms with van der Waals surface area (Å²) in [6.45, 7) is 1.31. The number of piperidine rings is 1. The lowest BCUT2D eigenvalue weighted by atomic mass is 10.1. The lowest BCUT2D eigenvalue weighted by Gasteiger charge is -2.32. The minimum Gasteiger partial charge on any atom is -0.453 e. The van der Waals surface area contributed by atoms with E-state index in [-0.39, 0.29) is 9.88 Å². The summed E-state index contributed by atoms with van der Waals surface area (Å²) in [6, 6.07) is 0. The van der Waals surface area contributed by atoms with E-state index in [0.29, 0.717) is 13.1 Å². The number of rotatable bonds is 0. The topological polar surface area (TPSA) is 29.5 Å². The Morgan fingerprint density at radius 2 is 2.08 bits per heavy atom. The van der Waals surface area contributed by atoms with Gasteiger partial charge in [0, 0.05) is 13.1 Å². The maximum absolute atomic E-state index is 11.0. The lowest BCUT2D eigenvalue weighted by Crippen LogP contribution is -2.41. The molecule has 1 aliphatic heterocycles. The molecule has 0 atom stereocenters. The summed E-state index contributed by atoms with van der Waals surface area (Å²) in [5, 5.41) is 0. The van der Waals surface area contributed by atoms with Crippen molar-refractivity contribution in [3.8, 4) is 0 Å². The summed E-state index contributed by atoms with van der Waals surface area (Å²) in [5.41, 5.74) is 0. The smallest absolute Gasteiger partial charge is 0.409 e. The molecule has 1 saturated heterocycles. The van der Waals surface area contributed by atoms with Gasteiger partial charge in [-0.1, -0.05) is 15.9 Å². The summed E-state index contributed by atoms with van der Waals surface area (Å²) < 4.78 is 4.26. The van der Waals surface area contributed by atoms with Gasteiger partial charge in [0.15, 0.2) is 0 Å². The van der Waals surface area contributed by atoms with Crippen molar-refractivity contribution in [2.75, 3.05) is 20.2 Å². The molecule has 3 nitrogen and oxygen atoms in total. The highest BCUT2D eigenvalue weighted by Gasteiger charge is 2.31. The first-order chi connectivity index (χ1) is 5.55. The van der Waals surface area contributed by atoms with Crippen molar-refractivity contribution in [3.63, 3.8) is 0 Å². The van der Waals surface area contributed by atoms with Crippen LogP contribution in [-0.4, -0.2) is 35.0 Å². The van der Waals surface area contributed by atoms with Gasteiger partial charge >= 0.3 is 6.09 Å². The molecule has 0 N–H and O–H groups in total. The van der Waals surface area contributed by atoms with Crippen molar-refractivity contribution in [2.45, 2.75) is 16.6 Å². The van der Waals surface area contributed by atoms with Gasteiger partial charge in [-0.2, -0.15) is 0 Å². The van der Waals surface area contributed by atoms with Gasteiger partial charge in [0.2, 0.25) is 0 Å². The van der Waals surface area contributed by atoms with E-state index in [9.17, 15) is 4.79 Å². The second-order valence-electron chi connectivity index (χ2n) is 2.81. The zero-order chi connectivity index (χ0) is 9.19. The number of nitrogens with zero attached hydrogens (tertiary/aromatic N) is 1. The zero-order valence-corrected chi connectivity index (χ0v) is 9.19. The first kappa shape index (κ1) is 10.1. The number of carbonyl (C=O) groups excluding carboxylic acids is 1. The van der Waals surface area contributed by atoms with Crippen molar-refractivity contribution in [1.82, 2.24) is 4.90 Å². The highest BCUT2D eigenvalue weighted by atomic mass is 79.9. The first-order valence-electron chi connectivity index (χ1n) is 3.76. The SMILES string of the molecule is COC(=O)N1CCC(Cl)(Br)CC1. The average Bonchev–Trinajstić information content (AvgIpc) is 2.03. The molecule has 0 unspecified atom stereocenters. The van der Waals surface area contributed by atoms with E-state index in [1.807, 2.05) is 0 Å². The average molecular weight is 257 g/mol. The van der Waals surface area contributed by atoms with Gasteiger partial charge < -0.3 is 9.64 Å². The monoisotopic (exact) mass is 255 g/mol. The van der Waals surface area contributed by atoms with Gasteiger partial charge in [-0.15, -0.1) is 11.6 Å². The van der Waals surface area contributed by atoms with Crippen LogP contribution in [0.1, 0.15) is 12.8 Å². The molecule has 0 aromatic carbocycles. The Kier molecular flexibility index (Phi) is 3.23. The molecular formula is C7H11BrClNO2. The highest BCUT2D eigenvalue weighted by Crippen LogP contribution is 2.35. The van der Waals surface area contributed by atoms with Crippen molar-refractivity contribution in [3.05, 3.63) is 0 Å². The number of amides is 1. The Labute approximate surface area is 85.1 Å². The molecule has 0 spiro atoms. The van der Waals surface area contributed by atoms with Gasteiger partial charge in [0.25, 0.3) is 0 Å². The van der Waals surface area contributed by atoms with E-state index < -0.39 is 0 Å². The fraction of sp³-hybridized carbons (Fsp3) is 0.857. The third-order valence-corrected chi connectivity index (χ3v) is 3.10. The Morgan fingerprint density at radius 1 is 1.58 bits per heavy atom. The van der Waals surface area contributed by atoms with Crippen LogP contribution in [0.3, 0.4) is 0 Å². The molecule has 0 aromatic rings. The molecule has 70 valence electrons. The van der Waals surface area contributed by atoms with Gasteiger partial charge in [-0.25, -0.2) is 4.79 Å². The molecule has 1 aliphatic rings. The van der Waals surface area contributed by atoms with Crippen LogP contribution < -0.4 is 0 Å². The molecule has 1 fully saturated rings. The van der Waals surface area contributed by atoms with E-state index in [0.717, 1.165) is 12.8 Å². The third-order valence-electron chi connectivity index (χ3n) is 1.93. The van der Waals surface area contributed by atoms with Crippen molar-refractivity contribution >= 4 is 33.6 Å². The van der Waals surface area contributed by atoms with Gasteiger partial charge in [0.05, 0.1) is 7.11 Å². The Balaban J connectivity index is 2.41. The number of hydrogen-bond donors (Lipinski definition) is 0. The Bertz CT molecular complexity index is 176. The van der Waals surface area contributed by atoms with Crippen molar-refractivity contribution in [2.24, 2.45) is 0 Å². The largest absolute Gasteiger partial charge is 0.453 e. The molecule has 0 aromatic heterocycles. The molecule has 1 amide bonds. The number of carbonyl (C=O) groups is 1. The summed E-state index contributed by atoms with van der Waals surface area (Å²) >= 11 is 9.40. The standard InChI is InChI=1S/C7H11BrClNO2/c1-12-6(11)10-4-2-7(8,9)3-5-10/h2-5H2,1H3. The minimum absolute atomic E-state index is 0.269. The summed E-state index contributed by atoms with van der Waals surface area (Å²) in [6.07, 6.45) is 1.24. The van der Waals surface area contributed by atoms with Crippen LogP contribution in [0, 0.1) is 0 Å². The van der Waals surface area contributed by atoms with Gasteiger partial charge in [-0.05, 0) is 12.8 Å². The number of likely N-dealkylation sites (tertiary alicyclic amines) is 1. The minimum atomic E-state index is -0.322. The van der Waals surface area contributed by atoms with Crippen LogP contribution in [0.25, 0.3) is 0 Å². The summed E-state index contributed by atoms with van der Waals surface area (Å²) in [4.78, 5) is 12.7. The number of ether oxygens (including phenoxy) is 1. The third kappa shape index (κ3) is 2.52. The fourth-order valence-electron chi connectivity index (χ4n) is 1.15. The highest BCUT2D eigenvalue weighted by molar-refractivity contribution is 9.10. The second kappa shape index (κ2) is 3.83. The predicted molar refractivity (Wildman–Crippen MR) is 50.7 cm³/mol. The zero-order valence-electron chi connectivity index (χ0n) is 6.85. The van der Waals surface area contributed by atoms with Crippen molar-refractivity contribution < 1.29 is 9.53 Å². The molecule has 1 rings (SSSR count). The summed E-state index contributed by atoms with van der Waals surface area (Å²) in [7, 11) is 1.39. The van der Waals surface area contributed by atoms with Crippen LogP contribution in [0.4, 0.5) is 4.79 Å². The van der Waals surface area contributed by atoms with Crippen LogP contribution in [0.15, 0.2) is 0 Å². The molecule has 0 bridgehead atoms. The van der Waals surface area contributed by atoms with Crippen molar-refractivity contribution in [1.29, 1.82) is 0 Å². The number of hydrogen-bond acceptors (Lipinski definition) is 2. The van der Waals surface area contributed by atoms with Gasteiger partial charge in [-0.3, -0.25) is 0 Å². The molecule has 0 radical (unpaired) electrons. The normalized spacial score (nSPS) is 22.1. The lowest BCUT2D eigenvalue weighted by molar-refractivity contribution is 0.115. The quantitative estimate of drug-likeness (QED) is 0.622. The van der Waals surface area contributed by atoms with Crippen LogP contribution in [-0.2, 0) is 4.74 Å². The molecule has 5 heteroatoms. The van der Waals surface area contributed by atoms with Gasteiger partial charge in [0.1, 0.15) is 3.78 Å².